The minimum absolute atomic E-state index is 0.209. The number of hydrogen-bond acceptors (Lipinski definition) is 6. The number of anilines is 1. The number of rotatable bonds is 5. The molecule has 1 fully saturated rings. The number of carbonyl (C=O) groups is 1. The number of nitrogens with one attached hydrogen (secondary N) is 1. The number of aromatic nitrogens is 4. The number of likely N-dealkylation sites (tertiary alicyclic amines) is 1. The van der Waals surface area contributed by atoms with E-state index in [1.165, 1.54) is 12.1 Å². The average molecular weight is 526 g/mol. The fourth-order valence-electron chi connectivity index (χ4n) is 4.41. The number of hydrogen-bond donors (Lipinski definition) is 2. The molecule has 1 aromatic carbocycles. The first-order chi connectivity index (χ1) is 16.4. The van der Waals surface area contributed by atoms with Crippen LogP contribution in [0.3, 0.4) is 0 Å². The van der Waals surface area contributed by atoms with Crippen molar-refractivity contribution in [1.29, 1.82) is 0 Å². The van der Waals surface area contributed by atoms with E-state index in [-0.39, 0.29) is 11.7 Å². The lowest BCUT2D eigenvalue weighted by molar-refractivity contribution is -0.131. The summed E-state index contributed by atoms with van der Waals surface area (Å²) in [6, 6.07) is 6.70. The van der Waals surface area contributed by atoms with Gasteiger partial charge in [-0.15, -0.1) is 0 Å². The molecule has 0 radical (unpaired) electrons. The fourth-order valence-corrected chi connectivity index (χ4v) is 4.81. The molecule has 1 saturated heterocycles. The molecule has 0 bridgehead atoms. The molecule has 3 aromatic heterocycles. The van der Waals surface area contributed by atoms with E-state index < -0.39 is 0 Å². The van der Waals surface area contributed by atoms with Gasteiger partial charge >= 0.3 is 0 Å². The molecule has 1 aliphatic rings. The van der Waals surface area contributed by atoms with Crippen LogP contribution in [0.15, 0.2) is 41.1 Å². The monoisotopic (exact) mass is 525 g/mol. The molecule has 8 nitrogen and oxygen atoms in total. The second-order valence-corrected chi connectivity index (χ2v) is 9.29. The number of nitrogens with zero attached hydrogens (tertiary/aromatic N) is 5. The SMILES string of the molecule is CCC(=O)N1CCC(NCc2nc3c(-c4cnc5ccc(F)cc5c4)cnn3c(N)c2Br)CC1. The Labute approximate surface area is 204 Å². The third kappa shape index (κ3) is 4.23. The van der Waals surface area contributed by atoms with Crippen molar-refractivity contribution in [3.05, 3.63) is 52.6 Å². The molecule has 4 heterocycles. The zero-order chi connectivity index (χ0) is 23.8. The summed E-state index contributed by atoms with van der Waals surface area (Å²) in [5.41, 5.74) is 10.0. The normalized spacial score (nSPS) is 14.9. The molecule has 0 unspecified atom stereocenters. The van der Waals surface area contributed by atoms with Crippen LogP contribution in [-0.2, 0) is 11.3 Å². The summed E-state index contributed by atoms with van der Waals surface area (Å²) in [6.07, 6.45) is 5.78. The van der Waals surface area contributed by atoms with Gasteiger partial charge in [0.25, 0.3) is 0 Å². The molecule has 0 saturated carbocycles. The lowest BCUT2D eigenvalue weighted by atomic mass is 10.0. The Kier molecular flexibility index (Phi) is 6.18. The van der Waals surface area contributed by atoms with Gasteiger partial charge in [-0.2, -0.15) is 9.61 Å². The number of amides is 1. The maximum absolute atomic E-state index is 13.7. The Bertz CT molecular complexity index is 1380. The van der Waals surface area contributed by atoms with Crippen molar-refractivity contribution in [2.75, 3.05) is 18.8 Å². The van der Waals surface area contributed by atoms with Crippen LogP contribution < -0.4 is 11.1 Å². The van der Waals surface area contributed by atoms with Crippen LogP contribution in [0.2, 0.25) is 0 Å². The number of nitrogens with two attached hydrogens (primary N) is 1. The van der Waals surface area contributed by atoms with Crippen molar-refractivity contribution < 1.29 is 9.18 Å². The van der Waals surface area contributed by atoms with E-state index in [0.717, 1.165) is 42.8 Å². The number of nitrogen functional groups attached to an aromatic ring is 1. The molecule has 0 aliphatic carbocycles. The lowest BCUT2D eigenvalue weighted by Gasteiger charge is -2.32. The van der Waals surface area contributed by atoms with Gasteiger partial charge in [-0.25, -0.2) is 9.37 Å². The molecule has 0 atom stereocenters. The lowest BCUT2D eigenvalue weighted by Crippen LogP contribution is -2.44. The highest BCUT2D eigenvalue weighted by Gasteiger charge is 2.23. The van der Waals surface area contributed by atoms with Gasteiger partial charge < -0.3 is 16.0 Å². The van der Waals surface area contributed by atoms with Crippen molar-refractivity contribution in [2.45, 2.75) is 38.8 Å². The van der Waals surface area contributed by atoms with Crippen LogP contribution in [0.5, 0.6) is 0 Å². The molecule has 1 amide bonds. The fraction of sp³-hybridized carbons (Fsp3) is 0.333. The summed E-state index contributed by atoms with van der Waals surface area (Å²) in [6.45, 7) is 3.96. The second kappa shape index (κ2) is 9.27. The van der Waals surface area contributed by atoms with E-state index in [0.29, 0.717) is 45.8 Å². The first-order valence-corrected chi connectivity index (χ1v) is 12.1. The minimum atomic E-state index is -0.309. The Balaban J connectivity index is 1.41. The maximum Gasteiger partial charge on any atom is 0.222 e. The molecule has 4 aromatic rings. The topological polar surface area (TPSA) is 101 Å². The number of pyridine rings is 1. The van der Waals surface area contributed by atoms with E-state index in [4.69, 9.17) is 10.7 Å². The predicted molar refractivity (Wildman–Crippen MR) is 133 cm³/mol. The van der Waals surface area contributed by atoms with Gasteiger partial charge in [0.05, 0.1) is 21.9 Å². The van der Waals surface area contributed by atoms with Crippen LogP contribution in [0.4, 0.5) is 10.2 Å². The quantitative estimate of drug-likeness (QED) is 0.409. The zero-order valence-corrected chi connectivity index (χ0v) is 20.3. The summed E-state index contributed by atoms with van der Waals surface area (Å²) < 4.78 is 16.0. The van der Waals surface area contributed by atoms with Crippen molar-refractivity contribution in [3.63, 3.8) is 0 Å². The standard InChI is InChI=1S/C24H25BrFN7O/c1-2-21(34)32-7-5-17(6-8-32)28-13-20-22(25)23(27)33-24(31-20)18(12-30-33)15-9-14-10-16(26)3-4-19(14)29-11-15/h3-4,9-12,17,28H,2,5-8,13,27H2,1H3. The Morgan fingerprint density at radius 2 is 2.06 bits per heavy atom. The molecule has 5 rings (SSSR count). The number of piperidine rings is 1. The van der Waals surface area contributed by atoms with Crippen LogP contribution in [0.25, 0.3) is 27.7 Å². The van der Waals surface area contributed by atoms with Gasteiger partial charge in [-0.3, -0.25) is 9.78 Å². The number of benzene rings is 1. The molecule has 1 aliphatic heterocycles. The van der Waals surface area contributed by atoms with Crippen molar-refractivity contribution in [2.24, 2.45) is 0 Å². The predicted octanol–water partition coefficient (Wildman–Crippen LogP) is 3.92. The van der Waals surface area contributed by atoms with Crippen LogP contribution >= 0.6 is 15.9 Å². The van der Waals surface area contributed by atoms with Gasteiger partial charge in [-0.1, -0.05) is 6.92 Å². The van der Waals surface area contributed by atoms with Crippen LogP contribution in [0.1, 0.15) is 31.9 Å². The molecular formula is C24H25BrFN7O. The van der Waals surface area contributed by atoms with Crippen LogP contribution in [0, 0.1) is 5.82 Å². The van der Waals surface area contributed by atoms with Crippen LogP contribution in [-0.4, -0.2) is 49.5 Å². The summed E-state index contributed by atoms with van der Waals surface area (Å²) in [5.74, 6) is 0.354. The van der Waals surface area contributed by atoms with E-state index in [1.54, 1.807) is 23.0 Å². The molecule has 34 heavy (non-hydrogen) atoms. The smallest absolute Gasteiger partial charge is 0.222 e. The summed E-state index contributed by atoms with van der Waals surface area (Å²) in [5, 5.41) is 8.68. The molecule has 0 spiro atoms. The largest absolute Gasteiger partial charge is 0.383 e. The molecule has 3 N–H and O–H groups in total. The van der Waals surface area contributed by atoms with E-state index in [1.807, 2.05) is 17.9 Å². The number of halogens is 2. The maximum atomic E-state index is 13.7. The third-order valence-electron chi connectivity index (χ3n) is 6.35. The van der Waals surface area contributed by atoms with Gasteiger partial charge in [-0.05, 0) is 53.0 Å². The molecule has 10 heteroatoms. The van der Waals surface area contributed by atoms with Gasteiger partial charge in [0.2, 0.25) is 5.91 Å². The zero-order valence-electron chi connectivity index (χ0n) is 18.8. The van der Waals surface area contributed by atoms with Crippen molar-refractivity contribution >= 4 is 44.2 Å². The second-order valence-electron chi connectivity index (χ2n) is 8.50. The highest BCUT2D eigenvalue weighted by atomic mass is 79.9. The Hall–Kier alpha value is -3.11. The highest BCUT2D eigenvalue weighted by molar-refractivity contribution is 9.10. The molecule has 176 valence electrons. The highest BCUT2D eigenvalue weighted by Crippen LogP contribution is 2.31. The van der Waals surface area contributed by atoms with Gasteiger partial charge in [0, 0.05) is 54.8 Å². The Morgan fingerprint density at radius 1 is 1.26 bits per heavy atom. The van der Waals surface area contributed by atoms with E-state index >= 15 is 0 Å². The van der Waals surface area contributed by atoms with E-state index in [9.17, 15) is 9.18 Å². The summed E-state index contributed by atoms with van der Waals surface area (Å²) in [7, 11) is 0. The third-order valence-corrected chi connectivity index (χ3v) is 7.22. The first-order valence-electron chi connectivity index (χ1n) is 11.3. The van der Waals surface area contributed by atoms with Gasteiger partial charge in [0.15, 0.2) is 5.65 Å². The minimum Gasteiger partial charge on any atom is -0.383 e. The van der Waals surface area contributed by atoms with Crippen molar-refractivity contribution in [1.82, 2.24) is 29.8 Å². The first kappa shape index (κ1) is 22.7. The van der Waals surface area contributed by atoms with Gasteiger partial charge in [0.1, 0.15) is 11.6 Å². The summed E-state index contributed by atoms with van der Waals surface area (Å²) in [4.78, 5) is 23.2. The number of carbonyl (C=O) groups excluding carboxylic acids is 1. The van der Waals surface area contributed by atoms with Crippen molar-refractivity contribution in [3.8, 4) is 11.1 Å². The number of fused-ring (bicyclic) bond motifs is 2. The van der Waals surface area contributed by atoms with E-state index in [2.05, 4.69) is 31.3 Å². The molecular weight excluding hydrogens is 501 g/mol. The Morgan fingerprint density at radius 3 is 2.82 bits per heavy atom. The summed E-state index contributed by atoms with van der Waals surface area (Å²) >= 11 is 3.58. The average Bonchev–Trinajstić information content (AvgIpc) is 3.28.